The van der Waals surface area contributed by atoms with E-state index in [9.17, 15) is 4.39 Å². The first-order valence-electron chi connectivity index (χ1n) is 7.60. The molecule has 1 aromatic heterocycles. The quantitative estimate of drug-likeness (QED) is 0.944. The Hall–Kier alpha value is -2.63. The molecule has 1 N–H and O–H groups in total. The van der Waals surface area contributed by atoms with Gasteiger partial charge in [-0.1, -0.05) is 12.1 Å². The van der Waals surface area contributed by atoms with Crippen molar-refractivity contribution in [2.75, 3.05) is 11.9 Å². The third-order valence-corrected chi connectivity index (χ3v) is 3.76. The fourth-order valence-corrected chi connectivity index (χ4v) is 2.64. The molecule has 0 saturated heterocycles. The largest absolute Gasteiger partial charge is 0.344 e. The third kappa shape index (κ3) is 3.26. The third-order valence-electron chi connectivity index (χ3n) is 3.76. The Morgan fingerprint density at radius 3 is 2.83 bits per heavy atom. The Bertz CT molecular complexity index is 762. The average Bonchev–Trinajstić information content (AvgIpc) is 2.93. The zero-order valence-corrected chi connectivity index (χ0v) is 13.5. The van der Waals surface area contributed by atoms with Gasteiger partial charge in [0, 0.05) is 31.6 Å². The lowest BCUT2D eigenvalue weighted by molar-refractivity contribution is 0.318. The molecule has 120 valence electrons. The summed E-state index contributed by atoms with van der Waals surface area (Å²) < 4.78 is 15.3. The fourth-order valence-electron chi connectivity index (χ4n) is 2.64. The summed E-state index contributed by atoms with van der Waals surface area (Å²) in [7, 11) is 1.87. The summed E-state index contributed by atoms with van der Waals surface area (Å²) in [6.07, 6.45) is 5.47. The van der Waals surface area contributed by atoms with Crippen LogP contribution in [0.15, 0.2) is 53.4 Å². The van der Waals surface area contributed by atoms with Gasteiger partial charge in [-0.3, -0.25) is 4.68 Å². The van der Waals surface area contributed by atoms with Crippen molar-refractivity contribution in [3.63, 3.8) is 0 Å². The molecule has 3 rings (SSSR count). The predicted molar refractivity (Wildman–Crippen MR) is 89.7 cm³/mol. The van der Waals surface area contributed by atoms with Crippen molar-refractivity contribution in [1.29, 1.82) is 0 Å². The van der Waals surface area contributed by atoms with Gasteiger partial charge in [0.25, 0.3) is 0 Å². The highest BCUT2D eigenvalue weighted by Gasteiger charge is 2.22. The second-order valence-electron chi connectivity index (χ2n) is 5.55. The monoisotopic (exact) mass is 313 g/mol. The van der Waals surface area contributed by atoms with Gasteiger partial charge in [-0.05, 0) is 31.6 Å². The number of aliphatic imine (C=N–C) groups is 1. The molecule has 0 amide bonds. The Morgan fingerprint density at radius 2 is 2.17 bits per heavy atom. The average molecular weight is 313 g/mol. The Morgan fingerprint density at radius 1 is 1.35 bits per heavy atom. The Labute approximate surface area is 135 Å². The summed E-state index contributed by atoms with van der Waals surface area (Å²) >= 11 is 0. The van der Waals surface area contributed by atoms with Gasteiger partial charge in [-0.15, -0.1) is 0 Å². The second-order valence-corrected chi connectivity index (χ2v) is 5.55. The molecule has 6 heteroatoms. The van der Waals surface area contributed by atoms with Gasteiger partial charge in [0.2, 0.25) is 0 Å². The highest BCUT2D eigenvalue weighted by molar-refractivity contribution is 6.12. The van der Waals surface area contributed by atoms with Gasteiger partial charge >= 0.3 is 0 Å². The van der Waals surface area contributed by atoms with Crippen molar-refractivity contribution >= 4 is 11.4 Å². The first kappa shape index (κ1) is 15.3. The summed E-state index contributed by atoms with van der Waals surface area (Å²) in [5.41, 5.74) is 3.50. The summed E-state index contributed by atoms with van der Waals surface area (Å²) in [6.45, 7) is 4.88. The maximum atomic E-state index is 13.5. The molecule has 2 aromatic rings. The van der Waals surface area contributed by atoms with Crippen molar-refractivity contribution < 1.29 is 4.39 Å². The minimum atomic E-state index is -0.257. The summed E-state index contributed by atoms with van der Waals surface area (Å²) in [5.74, 6) is -0.257. The number of nitrogens with zero attached hydrogens (tertiary/aromatic N) is 4. The number of aromatic nitrogens is 2. The molecule has 23 heavy (non-hydrogen) atoms. The number of anilines is 1. The van der Waals surface area contributed by atoms with E-state index in [1.165, 1.54) is 12.1 Å². The lowest BCUT2D eigenvalue weighted by Gasteiger charge is -2.32. The van der Waals surface area contributed by atoms with E-state index in [0.717, 1.165) is 29.1 Å². The molecule has 1 atom stereocenters. The van der Waals surface area contributed by atoms with Gasteiger partial charge in [0.05, 0.1) is 17.6 Å². The van der Waals surface area contributed by atoms with Crippen LogP contribution in [0.4, 0.5) is 10.1 Å². The second kappa shape index (κ2) is 6.24. The molecule has 1 aromatic carbocycles. The molecule has 0 radical (unpaired) electrons. The maximum Gasteiger partial charge on any atom is 0.196 e. The van der Waals surface area contributed by atoms with Crippen LogP contribution >= 0.6 is 0 Å². The highest BCUT2D eigenvalue weighted by atomic mass is 19.1. The number of benzene rings is 1. The Kier molecular flexibility index (Phi) is 4.14. The summed E-state index contributed by atoms with van der Waals surface area (Å²) in [5, 5.41) is 7.51. The molecular formula is C17H20FN5. The molecule has 1 unspecified atom stereocenters. The van der Waals surface area contributed by atoms with Crippen molar-refractivity contribution in [3.05, 3.63) is 59.8 Å². The number of allylic oxidation sites excluding steroid dienone is 1. The number of aryl methyl sites for hydroxylation is 1. The first-order chi connectivity index (χ1) is 11.1. The number of rotatable bonds is 4. The van der Waals surface area contributed by atoms with E-state index in [1.807, 2.05) is 26.2 Å². The smallest absolute Gasteiger partial charge is 0.196 e. The Balaban J connectivity index is 1.93. The normalized spacial score (nSPS) is 17.7. The van der Waals surface area contributed by atoms with Crippen molar-refractivity contribution in [3.8, 4) is 0 Å². The van der Waals surface area contributed by atoms with E-state index in [2.05, 4.69) is 28.4 Å². The zero-order chi connectivity index (χ0) is 16.4. The molecule has 0 saturated carbocycles. The van der Waals surface area contributed by atoms with Gasteiger partial charge in [-0.2, -0.15) is 5.10 Å². The zero-order valence-electron chi connectivity index (χ0n) is 13.5. The molecule has 2 heterocycles. The van der Waals surface area contributed by atoms with Crippen LogP contribution in [0.25, 0.3) is 0 Å². The van der Waals surface area contributed by atoms with Crippen LogP contribution in [0.2, 0.25) is 0 Å². The van der Waals surface area contributed by atoms with Gasteiger partial charge in [-0.25, -0.2) is 9.38 Å². The molecule has 0 aliphatic carbocycles. The molecule has 0 fully saturated rings. The number of hydrogen-bond acceptors (Lipinski definition) is 4. The molecule has 1 aliphatic rings. The molecular weight excluding hydrogens is 293 g/mol. The van der Waals surface area contributed by atoms with Crippen molar-refractivity contribution in [1.82, 2.24) is 14.7 Å². The molecule has 5 nitrogen and oxygen atoms in total. The number of halogens is 1. The predicted octanol–water partition coefficient (Wildman–Crippen LogP) is 2.98. The minimum Gasteiger partial charge on any atom is -0.344 e. The van der Waals surface area contributed by atoms with Crippen LogP contribution in [-0.2, 0) is 7.05 Å². The van der Waals surface area contributed by atoms with E-state index in [0.29, 0.717) is 0 Å². The highest BCUT2D eigenvalue weighted by Crippen LogP contribution is 2.21. The number of hydrogen-bond donors (Lipinski definition) is 1. The van der Waals surface area contributed by atoms with Crippen molar-refractivity contribution in [2.45, 2.75) is 20.1 Å². The lowest BCUT2D eigenvalue weighted by atomic mass is 10.0. The SMILES string of the molecule is CCN1C=C(C)C(c2cccc(F)c2)=NC1Nc1cnn(C)c1. The lowest BCUT2D eigenvalue weighted by Crippen LogP contribution is -2.39. The fraction of sp³-hybridized carbons (Fsp3) is 0.294. The maximum absolute atomic E-state index is 13.5. The van der Waals surface area contributed by atoms with Crippen LogP contribution in [-0.4, -0.2) is 33.2 Å². The van der Waals surface area contributed by atoms with E-state index in [1.54, 1.807) is 16.9 Å². The van der Waals surface area contributed by atoms with Crippen molar-refractivity contribution in [2.24, 2.45) is 12.0 Å². The van der Waals surface area contributed by atoms with Gasteiger partial charge < -0.3 is 10.2 Å². The standard InChI is InChI=1S/C17H20FN5/c1-4-23-10-12(2)16(13-6-5-7-14(18)8-13)21-17(23)20-15-9-19-22(3)11-15/h5-11,17,20H,4H2,1-3H3. The first-order valence-corrected chi connectivity index (χ1v) is 7.60. The van der Waals surface area contributed by atoms with E-state index in [4.69, 9.17) is 4.99 Å². The van der Waals surface area contributed by atoms with Gasteiger partial charge in [0.15, 0.2) is 6.29 Å². The topological polar surface area (TPSA) is 45.4 Å². The molecule has 1 aliphatic heterocycles. The summed E-state index contributed by atoms with van der Waals surface area (Å²) in [4.78, 5) is 6.89. The van der Waals surface area contributed by atoms with E-state index >= 15 is 0 Å². The van der Waals surface area contributed by atoms with Crippen LogP contribution in [0.3, 0.4) is 0 Å². The molecule has 0 spiro atoms. The van der Waals surface area contributed by atoms with Gasteiger partial charge in [0.1, 0.15) is 5.82 Å². The van der Waals surface area contributed by atoms with Crippen LogP contribution < -0.4 is 5.32 Å². The van der Waals surface area contributed by atoms with Crippen LogP contribution in [0.1, 0.15) is 19.4 Å². The van der Waals surface area contributed by atoms with E-state index in [-0.39, 0.29) is 12.1 Å². The summed E-state index contributed by atoms with van der Waals surface area (Å²) in [6, 6.07) is 6.53. The van der Waals surface area contributed by atoms with E-state index < -0.39 is 0 Å². The number of nitrogens with one attached hydrogen (secondary N) is 1. The minimum absolute atomic E-state index is 0.244. The van der Waals surface area contributed by atoms with Crippen LogP contribution in [0.5, 0.6) is 0 Å². The van der Waals surface area contributed by atoms with Crippen LogP contribution in [0, 0.1) is 5.82 Å². The molecule has 0 bridgehead atoms.